The van der Waals surface area contributed by atoms with Crippen molar-refractivity contribution in [2.75, 3.05) is 0 Å². The first-order chi connectivity index (χ1) is 4.54. The van der Waals surface area contributed by atoms with E-state index in [1.165, 1.54) is 0 Å². The average Bonchev–Trinajstić information content (AvgIpc) is 1.89. The lowest BCUT2D eigenvalue weighted by Crippen LogP contribution is -3.00. The summed E-state index contributed by atoms with van der Waals surface area (Å²) in [4.78, 5) is 18.7. The Morgan fingerprint density at radius 3 is 1.42 bits per heavy atom. The SMILES string of the molecule is C=CC(=O)O.C=CC(N)=O.[Cl-].[NH4+]. The van der Waals surface area contributed by atoms with Gasteiger partial charge < -0.3 is 29.4 Å². The van der Waals surface area contributed by atoms with Crippen molar-refractivity contribution in [1.82, 2.24) is 6.15 Å². The number of carboxylic acids is 1. The van der Waals surface area contributed by atoms with Crippen LogP contribution in [-0.4, -0.2) is 17.0 Å². The number of carbonyl (C=O) groups is 2. The summed E-state index contributed by atoms with van der Waals surface area (Å²) in [5, 5.41) is 7.60. The standard InChI is InChI=1S/C3H5NO.C3H4O2.ClH.H3N/c2*1-2-3(4)5;;/h2H,1H2,(H2,4,5);2H,1H2,(H,4,5);1H;1H3. The predicted molar refractivity (Wildman–Crippen MR) is 43.2 cm³/mol. The summed E-state index contributed by atoms with van der Waals surface area (Å²) >= 11 is 0. The van der Waals surface area contributed by atoms with Gasteiger partial charge in [0.2, 0.25) is 5.91 Å². The van der Waals surface area contributed by atoms with E-state index in [4.69, 9.17) is 5.11 Å². The van der Waals surface area contributed by atoms with Crippen LogP contribution in [-0.2, 0) is 9.59 Å². The van der Waals surface area contributed by atoms with Gasteiger partial charge >= 0.3 is 5.97 Å². The van der Waals surface area contributed by atoms with Crippen molar-refractivity contribution in [2.45, 2.75) is 0 Å². The molecule has 0 saturated carbocycles. The van der Waals surface area contributed by atoms with Gasteiger partial charge in [-0.05, 0) is 6.08 Å². The van der Waals surface area contributed by atoms with Gasteiger partial charge in [0.15, 0.2) is 0 Å². The third-order valence-electron chi connectivity index (χ3n) is 0.376. The topological polar surface area (TPSA) is 117 Å². The fourth-order valence-corrected chi connectivity index (χ4v) is 0. The third-order valence-corrected chi connectivity index (χ3v) is 0.376. The smallest absolute Gasteiger partial charge is 0.327 e. The molecule has 0 radical (unpaired) electrons. The molecule has 0 fully saturated rings. The number of aliphatic carboxylic acids is 1. The molecular formula is C6H13ClN2O3. The number of carbonyl (C=O) groups excluding carboxylic acids is 1. The second-order valence-corrected chi connectivity index (χ2v) is 1.15. The van der Waals surface area contributed by atoms with Crippen molar-refractivity contribution >= 4 is 11.9 Å². The van der Waals surface area contributed by atoms with Gasteiger partial charge in [-0.25, -0.2) is 4.79 Å². The van der Waals surface area contributed by atoms with E-state index in [2.05, 4.69) is 18.9 Å². The quantitative estimate of drug-likeness (QED) is 0.417. The lowest BCUT2D eigenvalue weighted by molar-refractivity contribution is -0.131. The van der Waals surface area contributed by atoms with Gasteiger partial charge in [-0.1, -0.05) is 13.2 Å². The first-order valence-corrected chi connectivity index (χ1v) is 2.31. The molecule has 0 aliphatic carbocycles. The predicted octanol–water partition coefficient (Wildman–Crippen LogP) is -2.71. The Hall–Kier alpha value is -1.33. The first kappa shape index (κ1) is 22.4. The van der Waals surface area contributed by atoms with Crippen LogP contribution in [0, 0.1) is 0 Å². The maximum Gasteiger partial charge on any atom is 0.327 e. The van der Waals surface area contributed by atoms with Crippen molar-refractivity contribution in [1.29, 1.82) is 0 Å². The molecule has 0 unspecified atom stereocenters. The number of carboxylic acid groups (broad SMARTS) is 1. The Balaban J connectivity index is -0.0000000457. The minimum atomic E-state index is -0.981. The fraction of sp³-hybridized carbons (Fsp3) is 0. The summed E-state index contributed by atoms with van der Waals surface area (Å²) in [6.45, 7) is 6.05. The summed E-state index contributed by atoms with van der Waals surface area (Å²) in [6, 6.07) is 0. The van der Waals surface area contributed by atoms with Gasteiger partial charge in [0.1, 0.15) is 0 Å². The minimum Gasteiger partial charge on any atom is -1.00 e. The highest BCUT2D eigenvalue weighted by Gasteiger charge is 1.73. The summed E-state index contributed by atoms with van der Waals surface area (Å²) < 4.78 is 0. The zero-order chi connectivity index (χ0) is 8.57. The van der Waals surface area contributed by atoms with E-state index < -0.39 is 11.9 Å². The molecule has 0 saturated heterocycles. The van der Waals surface area contributed by atoms with Crippen molar-refractivity contribution in [3.05, 3.63) is 25.3 Å². The molecule has 6 heteroatoms. The van der Waals surface area contributed by atoms with E-state index in [1.807, 2.05) is 0 Å². The molecule has 0 bridgehead atoms. The maximum absolute atomic E-state index is 9.47. The van der Waals surface area contributed by atoms with E-state index in [0.717, 1.165) is 12.2 Å². The van der Waals surface area contributed by atoms with Crippen LogP contribution in [0.3, 0.4) is 0 Å². The molecule has 0 aliphatic heterocycles. The van der Waals surface area contributed by atoms with Crippen molar-refractivity contribution in [3.8, 4) is 0 Å². The van der Waals surface area contributed by atoms with Gasteiger partial charge in [0.25, 0.3) is 0 Å². The molecule has 0 spiro atoms. The Morgan fingerprint density at radius 1 is 1.25 bits per heavy atom. The van der Waals surface area contributed by atoms with E-state index in [9.17, 15) is 9.59 Å². The molecule has 72 valence electrons. The Labute approximate surface area is 76.9 Å². The molecule has 0 rings (SSSR count). The zero-order valence-corrected chi connectivity index (χ0v) is 7.54. The number of hydrogen-bond donors (Lipinski definition) is 3. The zero-order valence-electron chi connectivity index (χ0n) is 6.79. The minimum absolute atomic E-state index is 0. The lowest BCUT2D eigenvalue weighted by atomic mass is 10.6. The second kappa shape index (κ2) is 16.3. The van der Waals surface area contributed by atoms with Gasteiger partial charge in [-0.2, -0.15) is 0 Å². The molecule has 12 heavy (non-hydrogen) atoms. The molecule has 0 aromatic rings. The average molecular weight is 197 g/mol. The lowest BCUT2D eigenvalue weighted by Gasteiger charge is -1.65. The monoisotopic (exact) mass is 196 g/mol. The summed E-state index contributed by atoms with van der Waals surface area (Å²) in [6.07, 6.45) is 1.89. The van der Waals surface area contributed by atoms with Crippen molar-refractivity contribution in [2.24, 2.45) is 5.73 Å². The number of quaternary nitrogens is 1. The molecule has 0 aromatic heterocycles. The molecule has 0 aromatic carbocycles. The molecule has 5 nitrogen and oxygen atoms in total. The highest BCUT2D eigenvalue weighted by Crippen LogP contribution is 1.54. The van der Waals surface area contributed by atoms with Crippen LogP contribution < -0.4 is 24.3 Å². The van der Waals surface area contributed by atoms with E-state index in [-0.39, 0.29) is 18.6 Å². The Morgan fingerprint density at radius 2 is 1.42 bits per heavy atom. The van der Waals surface area contributed by atoms with Gasteiger partial charge in [-0.3, -0.25) is 4.79 Å². The molecule has 0 heterocycles. The van der Waals surface area contributed by atoms with Crippen LogP contribution in [0.15, 0.2) is 25.3 Å². The van der Waals surface area contributed by atoms with Crippen molar-refractivity contribution in [3.63, 3.8) is 0 Å². The normalized spacial score (nSPS) is 5.33. The third kappa shape index (κ3) is 71.5. The Kier molecular flexibility index (Phi) is 30.5. The van der Waals surface area contributed by atoms with Crippen LogP contribution in [0.4, 0.5) is 0 Å². The van der Waals surface area contributed by atoms with E-state index >= 15 is 0 Å². The first-order valence-electron chi connectivity index (χ1n) is 2.31. The largest absolute Gasteiger partial charge is 1.00 e. The molecular weight excluding hydrogens is 184 g/mol. The van der Waals surface area contributed by atoms with Crippen molar-refractivity contribution < 1.29 is 27.1 Å². The molecule has 0 aliphatic rings. The van der Waals surface area contributed by atoms with Crippen LogP contribution in [0.2, 0.25) is 0 Å². The second-order valence-electron chi connectivity index (χ2n) is 1.15. The van der Waals surface area contributed by atoms with Crippen LogP contribution >= 0.6 is 0 Å². The van der Waals surface area contributed by atoms with Gasteiger partial charge in [-0.15, -0.1) is 0 Å². The highest BCUT2D eigenvalue weighted by molar-refractivity contribution is 5.84. The number of nitrogens with two attached hydrogens (primary N) is 1. The molecule has 0 atom stereocenters. The number of hydrogen-bond acceptors (Lipinski definition) is 2. The van der Waals surface area contributed by atoms with E-state index in [1.54, 1.807) is 0 Å². The summed E-state index contributed by atoms with van der Waals surface area (Å²) in [7, 11) is 0. The summed E-state index contributed by atoms with van der Waals surface area (Å²) in [5.41, 5.74) is 4.53. The van der Waals surface area contributed by atoms with Crippen LogP contribution in [0.25, 0.3) is 0 Å². The molecule has 1 amide bonds. The number of halogens is 1. The van der Waals surface area contributed by atoms with Crippen LogP contribution in [0.1, 0.15) is 0 Å². The fourth-order valence-electron chi connectivity index (χ4n) is 0. The summed E-state index contributed by atoms with van der Waals surface area (Å²) in [5.74, 6) is -1.46. The Bertz CT molecular complexity index is 141. The van der Waals surface area contributed by atoms with E-state index in [0.29, 0.717) is 0 Å². The molecule has 7 N–H and O–H groups in total. The maximum atomic E-state index is 9.47. The number of primary amides is 1. The van der Waals surface area contributed by atoms with Crippen LogP contribution in [0.5, 0.6) is 0 Å². The van der Waals surface area contributed by atoms with Gasteiger partial charge in [0, 0.05) is 6.08 Å². The highest BCUT2D eigenvalue weighted by atomic mass is 35.5. The van der Waals surface area contributed by atoms with Gasteiger partial charge in [0.05, 0.1) is 0 Å². The number of rotatable bonds is 2. The number of amides is 1.